The third kappa shape index (κ3) is 5.14. The van der Waals surface area contributed by atoms with Gasteiger partial charge in [0.15, 0.2) is 0 Å². The Hall–Kier alpha value is -1.14. The van der Waals surface area contributed by atoms with E-state index in [4.69, 9.17) is 9.84 Å². The highest BCUT2D eigenvalue weighted by atomic mass is 16.5. The van der Waals surface area contributed by atoms with Gasteiger partial charge in [-0.3, -0.25) is 9.59 Å². The predicted molar refractivity (Wildman–Crippen MR) is 61.7 cm³/mol. The average Bonchev–Trinajstić information content (AvgIpc) is 2.34. The number of carbonyl (C=O) groups is 2. The summed E-state index contributed by atoms with van der Waals surface area (Å²) in [5, 5.41) is 14.5. The highest BCUT2D eigenvalue weighted by Crippen LogP contribution is 2.06. The van der Waals surface area contributed by atoms with E-state index < -0.39 is 12.1 Å². The highest BCUT2D eigenvalue weighted by Gasteiger charge is 2.21. The zero-order valence-electron chi connectivity index (χ0n) is 10.1. The number of piperidine rings is 1. The van der Waals surface area contributed by atoms with Gasteiger partial charge in [0.1, 0.15) is 0 Å². The highest BCUT2D eigenvalue weighted by molar-refractivity contribution is 5.81. The number of carboxylic acid groups (broad SMARTS) is 1. The second-order valence-electron chi connectivity index (χ2n) is 4.20. The molecule has 2 atom stereocenters. The van der Waals surface area contributed by atoms with Gasteiger partial charge < -0.3 is 20.5 Å². The van der Waals surface area contributed by atoms with E-state index in [0.717, 1.165) is 25.8 Å². The number of methoxy groups -OCH3 is 1. The SMILES string of the molecule is COC(CNC(=O)[C@@H]1CCCCN1)CC(=O)O. The van der Waals surface area contributed by atoms with Crippen molar-refractivity contribution in [1.82, 2.24) is 10.6 Å². The van der Waals surface area contributed by atoms with Crippen molar-refractivity contribution in [3.63, 3.8) is 0 Å². The van der Waals surface area contributed by atoms with Crippen LogP contribution in [0.25, 0.3) is 0 Å². The molecule has 0 aromatic heterocycles. The lowest BCUT2D eigenvalue weighted by atomic mass is 10.0. The summed E-state index contributed by atoms with van der Waals surface area (Å²) in [5.74, 6) is -1.00. The lowest BCUT2D eigenvalue weighted by molar-refractivity contribution is -0.140. The molecule has 3 N–H and O–H groups in total. The van der Waals surface area contributed by atoms with E-state index in [2.05, 4.69) is 10.6 Å². The van der Waals surface area contributed by atoms with E-state index >= 15 is 0 Å². The van der Waals surface area contributed by atoms with Crippen LogP contribution < -0.4 is 10.6 Å². The van der Waals surface area contributed by atoms with Gasteiger partial charge in [0.25, 0.3) is 0 Å². The van der Waals surface area contributed by atoms with Crippen molar-refractivity contribution in [1.29, 1.82) is 0 Å². The topological polar surface area (TPSA) is 87.7 Å². The molecule has 0 aromatic carbocycles. The number of nitrogens with one attached hydrogen (secondary N) is 2. The van der Waals surface area contributed by atoms with Crippen molar-refractivity contribution in [3.05, 3.63) is 0 Å². The number of aliphatic carboxylic acids is 1. The van der Waals surface area contributed by atoms with E-state index in [9.17, 15) is 9.59 Å². The normalized spacial score (nSPS) is 21.8. The monoisotopic (exact) mass is 244 g/mol. The van der Waals surface area contributed by atoms with E-state index in [-0.39, 0.29) is 24.9 Å². The number of amides is 1. The molecule has 1 rings (SSSR count). The minimum atomic E-state index is -0.929. The third-order valence-electron chi connectivity index (χ3n) is 2.87. The number of carboxylic acids is 1. The Labute approximate surface area is 101 Å². The fourth-order valence-corrected chi connectivity index (χ4v) is 1.85. The molecular weight excluding hydrogens is 224 g/mol. The van der Waals surface area contributed by atoms with Gasteiger partial charge in [-0.1, -0.05) is 6.42 Å². The second-order valence-corrected chi connectivity index (χ2v) is 4.20. The summed E-state index contributed by atoms with van der Waals surface area (Å²) in [5.41, 5.74) is 0. The first-order valence-corrected chi connectivity index (χ1v) is 5.89. The lowest BCUT2D eigenvalue weighted by Gasteiger charge is -2.23. The summed E-state index contributed by atoms with van der Waals surface area (Å²) in [6, 6.07) is -0.147. The van der Waals surface area contributed by atoms with Gasteiger partial charge in [0.05, 0.1) is 18.6 Å². The Bertz CT molecular complexity index is 264. The molecule has 6 heteroatoms. The lowest BCUT2D eigenvalue weighted by Crippen LogP contribution is -2.48. The van der Waals surface area contributed by atoms with Gasteiger partial charge in [0, 0.05) is 13.7 Å². The minimum absolute atomic E-state index is 0.0721. The summed E-state index contributed by atoms with van der Waals surface area (Å²) in [6.07, 6.45) is 2.41. The van der Waals surface area contributed by atoms with Crippen LogP contribution in [-0.4, -0.2) is 49.3 Å². The van der Waals surface area contributed by atoms with Crippen LogP contribution in [0, 0.1) is 0 Å². The first-order chi connectivity index (χ1) is 8.13. The van der Waals surface area contributed by atoms with Gasteiger partial charge in [-0.25, -0.2) is 0 Å². The van der Waals surface area contributed by atoms with Gasteiger partial charge in [-0.15, -0.1) is 0 Å². The van der Waals surface area contributed by atoms with Crippen molar-refractivity contribution in [3.8, 4) is 0 Å². The first kappa shape index (κ1) is 13.9. The Morgan fingerprint density at radius 2 is 2.29 bits per heavy atom. The van der Waals surface area contributed by atoms with Crippen molar-refractivity contribution < 1.29 is 19.4 Å². The number of rotatable bonds is 6. The van der Waals surface area contributed by atoms with Gasteiger partial charge in [-0.2, -0.15) is 0 Å². The number of carbonyl (C=O) groups excluding carboxylic acids is 1. The molecule has 1 unspecified atom stereocenters. The minimum Gasteiger partial charge on any atom is -0.481 e. The van der Waals surface area contributed by atoms with Crippen LogP contribution in [0.5, 0.6) is 0 Å². The van der Waals surface area contributed by atoms with E-state index in [1.54, 1.807) is 0 Å². The zero-order chi connectivity index (χ0) is 12.7. The molecule has 1 fully saturated rings. The molecule has 0 bridgehead atoms. The Balaban J connectivity index is 2.27. The van der Waals surface area contributed by atoms with E-state index in [1.165, 1.54) is 7.11 Å². The Morgan fingerprint density at radius 3 is 2.82 bits per heavy atom. The number of ether oxygens (including phenoxy) is 1. The van der Waals surface area contributed by atoms with Gasteiger partial charge >= 0.3 is 5.97 Å². The van der Waals surface area contributed by atoms with Crippen molar-refractivity contribution >= 4 is 11.9 Å². The summed E-state index contributed by atoms with van der Waals surface area (Å²) >= 11 is 0. The van der Waals surface area contributed by atoms with Crippen molar-refractivity contribution in [2.75, 3.05) is 20.2 Å². The molecule has 17 heavy (non-hydrogen) atoms. The quantitative estimate of drug-likeness (QED) is 0.599. The number of hydrogen-bond donors (Lipinski definition) is 3. The van der Waals surface area contributed by atoms with Crippen LogP contribution in [-0.2, 0) is 14.3 Å². The maximum atomic E-state index is 11.7. The predicted octanol–water partition coefficient (Wildman–Crippen LogP) is -0.266. The van der Waals surface area contributed by atoms with Crippen LogP contribution >= 0.6 is 0 Å². The number of hydrogen-bond acceptors (Lipinski definition) is 4. The first-order valence-electron chi connectivity index (χ1n) is 5.89. The van der Waals surface area contributed by atoms with Gasteiger partial charge in [0.2, 0.25) is 5.91 Å². The standard InChI is InChI=1S/C11H20N2O4/c1-17-8(6-10(14)15)7-13-11(16)9-4-2-3-5-12-9/h8-9,12H,2-7H2,1H3,(H,13,16)(H,14,15)/t8?,9-/m0/s1. The maximum absolute atomic E-state index is 11.7. The van der Waals surface area contributed by atoms with Crippen LogP contribution in [0.1, 0.15) is 25.7 Å². The summed E-state index contributed by atoms with van der Waals surface area (Å²) in [7, 11) is 1.44. The molecule has 0 spiro atoms. The maximum Gasteiger partial charge on any atom is 0.306 e. The molecule has 1 saturated heterocycles. The fraction of sp³-hybridized carbons (Fsp3) is 0.818. The molecule has 6 nitrogen and oxygen atoms in total. The van der Waals surface area contributed by atoms with E-state index in [0.29, 0.717) is 0 Å². The third-order valence-corrected chi connectivity index (χ3v) is 2.87. The molecule has 0 aromatic rings. The van der Waals surface area contributed by atoms with Crippen LogP contribution in [0.3, 0.4) is 0 Å². The molecule has 1 heterocycles. The second kappa shape index (κ2) is 7.24. The van der Waals surface area contributed by atoms with Crippen LogP contribution in [0.15, 0.2) is 0 Å². The molecule has 0 aliphatic carbocycles. The molecule has 98 valence electrons. The van der Waals surface area contributed by atoms with Crippen molar-refractivity contribution in [2.45, 2.75) is 37.8 Å². The summed E-state index contributed by atoms with van der Waals surface area (Å²) < 4.78 is 4.98. The average molecular weight is 244 g/mol. The van der Waals surface area contributed by atoms with E-state index in [1.807, 2.05) is 0 Å². The Morgan fingerprint density at radius 1 is 1.53 bits per heavy atom. The zero-order valence-corrected chi connectivity index (χ0v) is 10.1. The van der Waals surface area contributed by atoms with Crippen LogP contribution in [0.4, 0.5) is 0 Å². The molecule has 1 aliphatic heterocycles. The molecule has 1 aliphatic rings. The fourth-order valence-electron chi connectivity index (χ4n) is 1.85. The summed E-state index contributed by atoms with van der Waals surface area (Å²) in [4.78, 5) is 22.2. The largest absolute Gasteiger partial charge is 0.481 e. The molecule has 1 amide bonds. The molecular formula is C11H20N2O4. The van der Waals surface area contributed by atoms with Crippen LogP contribution in [0.2, 0.25) is 0 Å². The smallest absolute Gasteiger partial charge is 0.306 e. The summed E-state index contributed by atoms with van der Waals surface area (Å²) in [6.45, 7) is 1.10. The molecule has 0 radical (unpaired) electrons. The van der Waals surface area contributed by atoms with Gasteiger partial charge in [-0.05, 0) is 19.4 Å². The molecule has 0 saturated carbocycles. The Kier molecular flexibility index (Phi) is 5.93. The van der Waals surface area contributed by atoms with Crippen molar-refractivity contribution in [2.24, 2.45) is 0 Å².